The lowest BCUT2D eigenvalue weighted by Crippen LogP contribution is -2.37. The molecule has 1 rings (SSSR count). The van der Waals surface area contributed by atoms with Gasteiger partial charge in [0, 0.05) is 6.61 Å². The molecule has 0 amide bonds. The summed E-state index contributed by atoms with van der Waals surface area (Å²) in [5.41, 5.74) is 0. The topological polar surface area (TPSA) is 29.5 Å². The highest BCUT2D eigenvalue weighted by atomic mass is 16.5. The van der Waals surface area contributed by atoms with Crippen LogP contribution in [-0.2, 0) is 4.74 Å². The number of unbranched alkanes of at least 4 members (excludes halogenated alkanes) is 2. The Kier molecular flexibility index (Phi) is 7.87. The van der Waals surface area contributed by atoms with Gasteiger partial charge in [-0.25, -0.2) is 0 Å². The third-order valence-electron chi connectivity index (χ3n) is 3.96. The Morgan fingerprint density at radius 2 is 1.82 bits per heavy atom. The van der Waals surface area contributed by atoms with Gasteiger partial charge in [-0.3, -0.25) is 0 Å². The van der Waals surface area contributed by atoms with Gasteiger partial charge in [0.05, 0.1) is 12.2 Å². The van der Waals surface area contributed by atoms with Crippen molar-refractivity contribution in [2.24, 2.45) is 5.92 Å². The lowest BCUT2D eigenvalue weighted by Gasteiger charge is -2.33. The summed E-state index contributed by atoms with van der Waals surface area (Å²) in [7, 11) is 0. The molecule has 1 aliphatic carbocycles. The molecule has 2 nitrogen and oxygen atoms in total. The number of rotatable bonds is 8. The van der Waals surface area contributed by atoms with E-state index < -0.39 is 0 Å². The standard InChI is InChI=1S/C15H30O2/c1-3-5-7-12-14(16)15(17-4-2)13-10-8-6-9-11-13/h13-16H,3-12H2,1-2H3. The van der Waals surface area contributed by atoms with Crippen molar-refractivity contribution >= 4 is 0 Å². The van der Waals surface area contributed by atoms with E-state index in [1.165, 1.54) is 44.9 Å². The predicted molar refractivity (Wildman–Crippen MR) is 72.1 cm³/mol. The molecule has 2 heteroatoms. The van der Waals surface area contributed by atoms with Crippen molar-refractivity contribution in [3.05, 3.63) is 0 Å². The van der Waals surface area contributed by atoms with Gasteiger partial charge in [-0.15, -0.1) is 0 Å². The van der Waals surface area contributed by atoms with E-state index in [1.54, 1.807) is 0 Å². The predicted octanol–water partition coefficient (Wildman–Crippen LogP) is 3.91. The molecule has 1 saturated carbocycles. The minimum atomic E-state index is -0.246. The first-order chi connectivity index (χ1) is 8.29. The fourth-order valence-corrected chi connectivity index (χ4v) is 2.98. The average Bonchev–Trinajstić information content (AvgIpc) is 2.37. The van der Waals surface area contributed by atoms with Crippen molar-refractivity contribution in [3.8, 4) is 0 Å². The van der Waals surface area contributed by atoms with Crippen molar-refractivity contribution in [3.63, 3.8) is 0 Å². The van der Waals surface area contributed by atoms with E-state index in [4.69, 9.17) is 4.74 Å². The van der Waals surface area contributed by atoms with Crippen LogP contribution in [0.4, 0.5) is 0 Å². The van der Waals surface area contributed by atoms with Crippen LogP contribution in [0, 0.1) is 5.92 Å². The van der Waals surface area contributed by atoms with Gasteiger partial charge in [-0.05, 0) is 32.1 Å². The second-order valence-corrected chi connectivity index (χ2v) is 5.38. The summed E-state index contributed by atoms with van der Waals surface area (Å²) in [5.74, 6) is 0.598. The van der Waals surface area contributed by atoms with E-state index in [-0.39, 0.29) is 12.2 Å². The Morgan fingerprint density at radius 3 is 2.41 bits per heavy atom. The van der Waals surface area contributed by atoms with E-state index in [2.05, 4.69) is 6.92 Å². The van der Waals surface area contributed by atoms with Crippen molar-refractivity contribution in [1.29, 1.82) is 0 Å². The maximum atomic E-state index is 10.3. The van der Waals surface area contributed by atoms with Crippen LogP contribution < -0.4 is 0 Å². The summed E-state index contributed by atoms with van der Waals surface area (Å²) in [6, 6.07) is 0. The molecule has 1 fully saturated rings. The molecule has 0 heterocycles. The lowest BCUT2D eigenvalue weighted by molar-refractivity contribution is -0.0752. The van der Waals surface area contributed by atoms with Gasteiger partial charge in [-0.2, -0.15) is 0 Å². The zero-order chi connectivity index (χ0) is 12.5. The molecule has 0 aromatic rings. The summed E-state index contributed by atoms with van der Waals surface area (Å²) in [5, 5.41) is 10.3. The Labute approximate surface area is 107 Å². The zero-order valence-electron chi connectivity index (χ0n) is 11.7. The summed E-state index contributed by atoms with van der Waals surface area (Å²) in [6.07, 6.45) is 10.8. The fourth-order valence-electron chi connectivity index (χ4n) is 2.98. The number of hydrogen-bond donors (Lipinski definition) is 1. The molecule has 2 atom stereocenters. The van der Waals surface area contributed by atoms with E-state index in [1.807, 2.05) is 6.92 Å². The van der Waals surface area contributed by atoms with Gasteiger partial charge < -0.3 is 9.84 Å². The maximum absolute atomic E-state index is 10.3. The molecule has 17 heavy (non-hydrogen) atoms. The van der Waals surface area contributed by atoms with E-state index in [0.717, 1.165) is 19.4 Å². The van der Waals surface area contributed by atoms with Gasteiger partial charge >= 0.3 is 0 Å². The molecular formula is C15H30O2. The highest BCUT2D eigenvalue weighted by molar-refractivity contribution is 4.80. The number of aliphatic hydroxyl groups is 1. The van der Waals surface area contributed by atoms with Crippen LogP contribution in [0.1, 0.15) is 71.6 Å². The molecule has 0 aromatic carbocycles. The smallest absolute Gasteiger partial charge is 0.0861 e. The third kappa shape index (κ3) is 5.39. The molecule has 102 valence electrons. The number of ether oxygens (including phenoxy) is 1. The van der Waals surface area contributed by atoms with Crippen LogP contribution in [0.5, 0.6) is 0 Å². The van der Waals surface area contributed by atoms with Gasteiger partial charge in [0.2, 0.25) is 0 Å². The first-order valence-electron chi connectivity index (χ1n) is 7.59. The monoisotopic (exact) mass is 242 g/mol. The molecule has 0 aromatic heterocycles. The molecule has 0 saturated heterocycles. The van der Waals surface area contributed by atoms with Crippen LogP contribution in [0.3, 0.4) is 0 Å². The number of hydrogen-bond acceptors (Lipinski definition) is 2. The Morgan fingerprint density at radius 1 is 1.12 bits per heavy atom. The molecule has 1 N–H and O–H groups in total. The lowest BCUT2D eigenvalue weighted by atomic mass is 9.82. The summed E-state index contributed by atoms with van der Waals surface area (Å²) < 4.78 is 5.82. The third-order valence-corrected chi connectivity index (χ3v) is 3.96. The highest BCUT2D eigenvalue weighted by Crippen LogP contribution is 2.30. The number of aliphatic hydroxyl groups excluding tert-OH is 1. The van der Waals surface area contributed by atoms with Crippen molar-refractivity contribution in [2.75, 3.05) is 6.61 Å². The second-order valence-electron chi connectivity index (χ2n) is 5.38. The van der Waals surface area contributed by atoms with Crippen LogP contribution >= 0.6 is 0 Å². The van der Waals surface area contributed by atoms with E-state index in [9.17, 15) is 5.11 Å². The molecular weight excluding hydrogens is 212 g/mol. The molecule has 1 aliphatic rings. The van der Waals surface area contributed by atoms with Crippen molar-refractivity contribution in [2.45, 2.75) is 83.8 Å². The zero-order valence-corrected chi connectivity index (χ0v) is 11.7. The molecule has 0 aliphatic heterocycles. The SMILES string of the molecule is CCCCCC(O)C(OCC)C1CCCCC1. The maximum Gasteiger partial charge on any atom is 0.0861 e. The summed E-state index contributed by atoms with van der Waals surface area (Å²) in [4.78, 5) is 0. The van der Waals surface area contributed by atoms with Crippen LogP contribution in [0.25, 0.3) is 0 Å². The minimum absolute atomic E-state index is 0.0946. The molecule has 0 spiro atoms. The van der Waals surface area contributed by atoms with Crippen molar-refractivity contribution in [1.82, 2.24) is 0 Å². The van der Waals surface area contributed by atoms with Crippen molar-refractivity contribution < 1.29 is 9.84 Å². The summed E-state index contributed by atoms with van der Waals surface area (Å²) in [6.45, 7) is 4.97. The quantitative estimate of drug-likeness (QED) is 0.654. The molecule has 2 unspecified atom stereocenters. The van der Waals surface area contributed by atoms with Gasteiger partial charge in [0.1, 0.15) is 0 Å². The largest absolute Gasteiger partial charge is 0.390 e. The molecule has 0 radical (unpaired) electrons. The highest BCUT2D eigenvalue weighted by Gasteiger charge is 2.29. The van der Waals surface area contributed by atoms with Crippen LogP contribution in [0.15, 0.2) is 0 Å². The second kappa shape index (κ2) is 8.93. The average molecular weight is 242 g/mol. The summed E-state index contributed by atoms with van der Waals surface area (Å²) >= 11 is 0. The van der Waals surface area contributed by atoms with E-state index in [0.29, 0.717) is 5.92 Å². The van der Waals surface area contributed by atoms with Gasteiger partial charge in [0.15, 0.2) is 0 Å². The Hall–Kier alpha value is -0.0800. The molecule has 0 bridgehead atoms. The minimum Gasteiger partial charge on any atom is -0.390 e. The Bertz CT molecular complexity index is 176. The van der Waals surface area contributed by atoms with Gasteiger partial charge in [-0.1, -0.05) is 45.4 Å². The normalized spacial score (nSPS) is 21.4. The van der Waals surface area contributed by atoms with Gasteiger partial charge in [0.25, 0.3) is 0 Å². The van der Waals surface area contributed by atoms with E-state index >= 15 is 0 Å². The Balaban J connectivity index is 2.38. The fraction of sp³-hybridized carbons (Fsp3) is 1.00. The first kappa shape index (κ1) is 15.0. The van der Waals surface area contributed by atoms with Crippen LogP contribution in [-0.4, -0.2) is 23.9 Å². The first-order valence-corrected chi connectivity index (χ1v) is 7.59. The van der Waals surface area contributed by atoms with Crippen LogP contribution in [0.2, 0.25) is 0 Å².